The van der Waals surface area contributed by atoms with Crippen LogP contribution >= 0.6 is 0 Å². The number of rotatable bonds is 6. The van der Waals surface area contributed by atoms with Crippen LogP contribution in [-0.2, 0) is 48.0 Å². The third kappa shape index (κ3) is 4.64. The normalized spacial score (nSPS) is 56.5. The third-order valence-corrected chi connectivity index (χ3v) is 13.2. The van der Waals surface area contributed by atoms with Crippen molar-refractivity contribution in [3.05, 3.63) is 0 Å². The highest BCUT2D eigenvalue weighted by Gasteiger charge is 2.71. The minimum absolute atomic E-state index is 0.0117. The van der Waals surface area contributed by atoms with Gasteiger partial charge in [-0.15, -0.1) is 0 Å². The Kier molecular flexibility index (Phi) is 7.69. The van der Waals surface area contributed by atoms with Crippen molar-refractivity contribution in [3.63, 3.8) is 0 Å². The molecule has 10 fully saturated rings. The van der Waals surface area contributed by atoms with Gasteiger partial charge in [0.15, 0.2) is 36.4 Å². The van der Waals surface area contributed by atoms with Crippen LogP contribution in [0.3, 0.4) is 0 Å². The molecule has 8 aliphatic heterocycles. The lowest BCUT2D eigenvalue weighted by molar-refractivity contribution is -0.577. The van der Waals surface area contributed by atoms with E-state index in [2.05, 4.69) is 32.9 Å². The maximum atomic E-state index is 9.97. The summed E-state index contributed by atoms with van der Waals surface area (Å²) in [5.41, 5.74) is -0.967. The van der Waals surface area contributed by atoms with E-state index in [0.717, 1.165) is 51.4 Å². The van der Waals surface area contributed by atoms with Crippen LogP contribution in [-0.4, -0.2) is 72.1 Å². The fraction of sp³-hybridized carbons (Fsp3) is 0.970. The van der Waals surface area contributed by atoms with E-state index in [1.165, 1.54) is 0 Å². The van der Waals surface area contributed by atoms with Gasteiger partial charge in [0, 0.05) is 36.5 Å². The van der Waals surface area contributed by atoms with Crippen LogP contribution in [0.2, 0.25) is 0 Å². The second-order valence-electron chi connectivity index (χ2n) is 15.8. The molecule has 0 aromatic heterocycles. The molecule has 254 valence electrons. The summed E-state index contributed by atoms with van der Waals surface area (Å²) in [6.07, 6.45) is 5.28. The molecule has 1 N–H and O–H groups in total. The Morgan fingerprint density at radius 3 is 1.51 bits per heavy atom. The maximum Gasteiger partial charge on any atom is 0.201 e. The molecule has 10 aliphatic rings. The fourth-order valence-corrected chi connectivity index (χ4v) is 10.6. The second-order valence-corrected chi connectivity index (χ2v) is 15.8. The Bertz CT molecular complexity index is 1090. The van der Waals surface area contributed by atoms with Gasteiger partial charge in [-0.05, 0) is 76.0 Å². The van der Waals surface area contributed by atoms with E-state index in [4.69, 9.17) is 48.0 Å². The van der Waals surface area contributed by atoms with Crippen LogP contribution in [0, 0.1) is 47.3 Å². The number of nitrogens with zero attached hydrogens (tertiary/aromatic N) is 1. The molecule has 2 saturated carbocycles. The Balaban J connectivity index is 0.936. The van der Waals surface area contributed by atoms with Gasteiger partial charge in [-0.3, -0.25) is 0 Å². The van der Waals surface area contributed by atoms with E-state index < -0.39 is 47.9 Å². The Labute approximate surface area is 265 Å². The summed E-state index contributed by atoms with van der Waals surface area (Å²) < 4.78 is 38.6. The summed E-state index contributed by atoms with van der Waals surface area (Å²) in [7, 11) is 0. The molecule has 4 bridgehead atoms. The van der Waals surface area contributed by atoms with Crippen molar-refractivity contribution in [2.24, 2.45) is 52.5 Å². The van der Waals surface area contributed by atoms with Crippen molar-refractivity contribution in [1.82, 2.24) is 0 Å². The average molecular weight is 638 g/mol. The molecule has 10 rings (SSSR count). The van der Waals surface area contributed by atoms with Gasteiger partial charge in [-0.1, -0.05) is 32.9 Å². The van der Waals surface area contributed by atoms with E-state index >= 15 is 0 Å². The lowest BCUT2D eigenvalue weighted by Gasteiger charge is -2.60. The lowest BCUT2D eigenvalue weighted by atomic mass is 9.58. The predicted octanol–water partition coefficient (Wildman–Crippen LogP) is 5.27. The van der Waals surface area contributed by atoms with Gasteiger partial charge < -0.3 is 33.6 Å². The number of hydrogen-bond donors (Lipinski definition) is 1. The summed E-state index contributed by atoms with van der Waals surface area (Å²) in [5.74, 6) is 0.135. The number of fused-ring (bicyclic) bond motifs is 4. The van der Waals surface area contributed by atoms with Gasteiger partial charge >= 0.3 is 0 Å². The highest BCUT2D eigenvalue weighted by Crippen LogP contribution is 2.62. The van der Waals surface area contributed by atoms with Crippen molar-refractivity contribution < 1.29 is 53.2 Å². The quantitative estimate of drug-likeness (QED) is 0.177. The van der Waals surface area contributed by atoms with Gasteiger partial charge in [0.25, 0.3) is 0 Å². The van der Waals surface area contributed by atoms with Gasteiger partial charge in [0.2, 0.25) is 11.6 Å². The molecule has 8 heterocycles. The second kappa shape index (κ2) is 11.0. The predicted molar refractivity (Wildman–Crippen MR) is 155 cm³/mol. The molecule has 0 aromatic carbocycles. The number of oxime groups is 1. The van der Waals surface area contributed by atoms with Gasteiger partial charge in [-0.2, -0.15) is 0 Å². The van der Waals surface area contributed by atoms with Crippen molar-refractivity contribution in [2.45, 2.75) is 141 Å². The fourth-order valence-electron chi connectivity index (χ4n) is 10.6. The monoisotopic (exact) mass is 637 g/mol. The van der Waals surface area contributed by atoms with E-state index in [1.54, 1.807) is 0 Å². The van der Waals surface area contributed by atoms with Gasteiger partial charge in [0.1, 0.15) is 5.71 Å². The number of ether oxygens (including phenoxy) is 6. The minimum atomic E-state index is -0.852. The summed E-state index contributed by atoms with van der Waals surface area (Å²) in [6.45, 7) is 12.8. The summed E-state index contributed by atoms with van der Waals surface area (Å²) in [6, 6.07) is 0. The maximum absolute atomic E-state index is 9.97. The third-order valence-electron chi connectivity index (χ3n) is 13.2. The first-order valence-corrected chi connectivity index (χ1v) is 17.3. The molecule has 2 spiro atoms. The Morgan fingerprint density at radius 2 is 1.09 bits per heavy atom. The van der Waals surface area contributed by atoms with Gasteiger partial charge in [0.05, 0.1) is 13.2 Å². The molecule has 12 nitrogen and oxygen atoms in total. The molecule has 2 unspecified atom stereocenters. The molecule has 16 atom stereocenters. The number of hydrogen-bond acceptors (Lipinski definition) is 12. The summed E-state index contributed by atoms with van der Waals surface area (Å²) in [5, 5.41) is 13.5. The molecule has 12 heteroatoms. The first-order valence-electron chi connectivity index (χ1n) is 17.3. The van der Waals surface area contributed by atoms with E-state index in [0.29, 0.717) is 17.5 Å². The van der Waals surface area contributed by atoms with Crippen LogP contribution in [0.4, 0.5) is 0 Å². The standard InChI is InChI=1S/C33H51NO11/c1-17-7-9-24-19(3)26(38-28-32(24)22(17)11-13-30(5,40-28)42-44-32)36-15-21(34-35)16-37-27-20(4)25-10-8-18(2)23-12-14-31(6)41-29(39-27)33(23,25)45-43-31/h17-20,22-29,35H,7-16H2,1-6H3/t17-,18-,19-,20-,22+,23+,24+,25+,26?,27?,28+,29+,30-,31-,32-,33-/m1/s1. The summed E-state index contributed by atoms with van der Waals surface area (Å²) in [4.78, 5) is 24.3. The van der Waals surface area contributed by atoms with Crippen molar-refractivity contribution in [2.75, 3.05) is 13.2 Å². The van der Waals surface area contributed by atoms with Crippen LogP contribution in [0.25, 0.3) is 0 Å². The average Bonchev–Trinajstić information content (AvgIpc) is 3.39. The van der Waals surface area contributed by atoms with Crippen molar-refractivity contribution in [1.29, 1.82) is 0 Å². The van der Waals surface area contributed by atoms with Gasteiger partial charge in [-0.25, -0.2) is 19.6 Å². The van der Waals surface area contributed by atoms with E-state index in [-0.39, 0.29) is 48.7 Å². The molecular formula is C33H51NO11. The zero-order valence-corrected chi connectivity index (χ0v) is 27.5. The highest BCUT2D eigenvalue weighted by molar-refractivity contribution is 5.86. The van der Waals surface area contributed by atoms with Crippen molar-refractivity contribution in [3.8, 4) is 0 Å². The SMILES string of the molecule is C[C@@H]1CC[C@H]2[C@@H](C)C(OCC(COC3O[C@H]4O[C@@]5(C)CC[C@H]6[C@H](C)CC[C@@H]([C@H]3C)[C@@]46OO5)=NO)O[C@H]3O[C@@]4(C)CC[C@@H]1[C@]32OO4. The zero-order valence-electron chi connectivity index (χ0n) is 27.5. The first-order chi connectivity index (χ1) is 21.5. The van der Waals surface area contributed by atoms with Crippen LogP contribution in [0.5, 0.6) is 0 Å². The van der Waals surface area contributed by atoms with E-state index in [1.807, 2.05) is 13.8 Å². The molecule has 0 radical (unpaired) electrons. The smallest absolute Gasteiger partial charge is 0.201 e. The molecule has 45 heavy (non-hydrogen) atoms. The highest BCUT2D eigenvalue weighted by atomic mass is 17.3. The topological polar surface area (TPSA) is 125 Å². The summed E-state index contributed by atoms with van der Waals surface area (Å²) >= 11 is 0. The van der Waals surface area contributed by atoms with Crippen LogP contribution < -0.4 is 0 Å². The molecule has 0 aromatic rings. The molecule has 8 saturated heterocycles. The van der Waals surface area contributed by atoms with Crippen LogP contribution in [0.1, 0.15) is 92.9 Å². The Morgan fingerprint density at radius 1 is 0.644 bits per heavy atom. The Hall–Kier alpha value is -0.930. The molecular weight excluding hydrogens is 586 g/mol. The van der Waals surface area contributed by atoms with Crippen LogP contribution in [0.15, 0.2) is 5.16 Å². The van der Waals surface area contributed by atoms with Crippen molar-refractivity contribution >= 4 is 5.71 Å². The lowest BCUT2D eigenvalue weighted by Crippen LogP contribution is -2.70. The van der Waals surface area contributed by atoms with E-state index in [9.17, 15) is 5.21 Å². The largest absolute Gasteiger partial charge is 0.411 e. The molecule has 2 aliphatic carbocycles. The first kappa shape index (κ1) is 31.3. The zero-order chi connectivity index (χ0) is 31.4. The minimum Gasteiger partial charge on any atom is -0.411 e. The molecule has 0 amide bonds.